The first kappa shape index (κ1) is 16.1. The fraction of sp³-hybridized carbons (Fsp3) is 0.385. The Kier molecular flexibility index (Phi) is 4.77. The molecule has 0 fully saturated rings. The van der Waals surface area contributed by atoms with Gasteiger partial charge in [-0.1, -0.05) is 6.08 Å². The Morgan fingerprint density at radius 3 is 2.76 bits per heavy atom. The van der Waals surface area contributed by atoms with Crippen LogP contribution in [0.1, 0.15) is 21.5 Å². The summed E-state index contributed by atoms with van der Waals surface area (Å²) in [5.74, 6) is 0.458. The summed E-state index contributed by atoms with van der Waals surface area (Å²) in [5, 5.41) is 2.72. The Balaban J connectivity index is 2.46. The van der Waals surface area contributed by atoms with Crippen LogP contribution in [0.5, 0.6) is 0 Å². The van der Waals surface area contributed by atoms with Crippen LogP contribution in [0.25, 0.3) is 0 Å². The molecule has 8 heteroatoms. The molecule has 2 heterocycles. The van der Waals surface area contributed by atoms with Crippen molar-refractivity contribution in [2.45, 2.75) is 18.0 Å². The lowest BCUT2D eigenvalue weighted by Gasteiger charge is -2.12. The van der Waals surface area contributed by atoms with Gasteiger partial charge in [-0.3, -0.25) is 9.79 Å². The predicted molar refractivity (Wildman–Crippen MR) is 79.6 cm³/mol. The van der Waals surface area contributed by atoms with Crippen LogP contribution in [0.4, 0.5) is 13.2 Å². The van der Waals surface area contributed by atoms with Crippen LogP contribution in [0.3, 0.4) is 0 Å². The maximum absolute atomic E-state index is 13.0. The SMILES string of the molecule is C/C=C(\C(=NC)c1cc2c(s1)C(=O)NCCS2)C(F)(F)F. The molecule has 2 rings (SSSR count). The van der Waals surface area contributed by atoms with E-state index in [-0.39, 0.29) is 11.6 Å². The van der Waals surface area contributed by atoms with Crippen LogP contribution in [0.15, 0.2) is 27.6 Å². The van der Waals surface area contributed by atoms with Crippen molar-refractivity contribution in [3.05, 3.63) is 27.5 Å². The summed E-state index contributed by atoms with van der Waals surface area (Å²) >= 11 is 2.50. The third-order valence-electron chi connectivity index (χ3n) is 2.86. The summed E-state index contributed by atoms with van der Waals surface area (Å²) in [6, 6.07) is 1.62. The molecule has 1 aromatic heterocycles. The van der Waals surface area contributed by atoms with E-state index < -0.39 is 11.7 Å². The Morgan fingerprint density at radius 2 is 2.19 bits per heavy atom. The summed E-state index contributed by atoms with van der Waals surface area (Å²) < 4.78 is 39.1. The van der Waals surface area contributed by atoms with Gasteiger partial charge in [0.2, 0.25) is 0 Å². The maximum Gasteiger partial charge on any atom is 0.418 e. The van der Waals surface area contributed by atoms with Crippen molar-refractivity contribution in [1.29, 1.82) is 0 Å². The van der Waals surface area contributed by atoms with Gasteiger partial charge in [-0.15, -0.1) is 23.1 Å². The molecule has 0 aliphatic carbocycles. The molecule has 0 unspecified atom stereocenters. The molecule has 0 saturated heterocycles. The highest BCUT2D eigenvalue weighted by atomic mass is 32.2. The van der Waals surface area contributed by atoms with Crippen molar-refractivity contribution < 1.29 is 18.0 Å². The lowest BCUT2D eigenvalue weighted by atomic mass is 10.1. The Labute approximate surface area is 128 Å². The Morgan fingerprint density at radius 1 is 1.48 bits per heavy atom. The van der Waals surface area contributed by atoms with Gasteiger partial charge in [0, 0.05) is 24.2 Å². The van der Waals surface area contributed by atoms with Gasteiger partial charge in [0.15, 0.2) is 0 Å². The van der Waals surface area contributed by atoms with Crippen molar-refractivity contribution in [3.63, 3.8) is 0 Å². The smallest absolute Gasteiger partial charge is 0.350 e. The Hall–Kier alpha value is -1.28. The molecule has 0 radical (unpaired) electrons. The van der Waals surface area contributed by atoms with Crippen LogP contribution >= 0.6 is 23.1 Å². The molecule has 3 nitrogen and oxygen atoms in total. The van der Waals surface area contributed by atoms with Gasteiger partial charge < -0.3 is 5.32 Å². The van der Waals surface area contributed by atoms with E-state index in [1.165, 1.54) is 25.7 Å². The van der Waals surface area contributed by atoms with Gasteiger partial charge in [-0.25, -0.2) is 0 Å². The molecular weight excluding hydrogens is 321 g/mol. The standard InChI is InChI=1S/C13H13F3N2OS2/c1-3-7(13(14,15)16)10(17-2)8-6-9-11(21-8)12(19)18-4-5-20-9/h3,6H,4-5H2,1-2H3,(H,18,19)/b7-3+,17-10?. The number of aliphatic imine (C=N–C) groups is 1. The lowest BCUT2D eigenvalue weighted by molar-refractivity contribution is -0.0861. The number of thiophene rings is 1. The fourth-order valence-corrected chi connectivity index (χ4v) is 4.20. The second kappa shape index (κ2) is 6.23. The second-order valence-electron chi connectivity index (χ2n) is 4.18. The normalized spacial score (nSPS) is 17.3. The number of halogens is 3. The van der Waals surface area contributed by atoms with E-state index in [2.05, 4.69) is 10.3 Å². The van der Waals surface area contributed by atoms with E-state index >= 15 is 0 Å². The number of hydrogen-bond acceptors (Lipinski definition) is 4. The molecule has 0 spiro atoms. The maximum atomic E-state index is 13.0. The lowest BCUT2D eigenvalue weighted by Crippen LogP contribution is -2.23. The quantitative estimate of drug-likeness (QED) is 0.841. The number of alkyl halides is 3. The molecule has 1 aliphatic heterocycles. The molecule has 0 aromatic carbocycles. The molecule has 21 heavy (non-hydrogen) atoms. The van der Waals surface area contributed by atoms with E-state index in [0.717, 1.165) is 17.4 Å². The molecule has 0 atom stereocenters. The minimum Gasteiger partial charge on any atom is -0.350 e. The van der Waals surface area contributed by atoms with Crippen molar-refractivity contribution in [3.8, 4) is 0 Å². The molecule has 114 valence electrons. The molecular formula is C13H13F3N2OS2. The van der Waals surface area contributed by atoms with Gasteiger partial charge in [-0.05, 0) is 13.0 Å². The zero-order valence-corrected chi connectivity index (χ0v) is 13.0. The highest BCUT2D eigenvalue weighted by Gasteiger charge is 2.37. The number of nitrogens with one attached hydrogen (secondary N) is 1. The van der Waals surface area contributed by atoms with Crippen LogP contribution in [0, 0.1) is 0 Å². The van der Waals surface area contributed by atoms with Crippen molar-refractivity contribution in [1.82, 2.24) is 5.32 Å². The topological polar surface area (TPSA) is 41.5 Å². The number of amides is 1. The molecule has 0 saturated carbocycles. The van der Waals surface area contributed by atoms with Gasteiger partial charge in [-0.2, -0.15) is 13.2 Å². The number of rotatable bonds is 2. The van der Waals surface area contributed by atoms with E-state index in [1.807, 2.05) is 0 Å². The fourth-order valence-electron chi connectivity index (χ4n) is 1.96. The van der Waals surface area contributed by atoms with Crippen LogP contribution < -0.4 is 5.32 Å². The highest BCUT2D eigenvalue weighted by molar-refractivity contribution is 7.99. The summed E-state index contributed by atoms with van der Waals surface area (Å²) in [7, 11) is 1.32. The molecule has 1 aliphatic rings. The van der Waals surface area contributed by atoms with Crippen molar-refractivity contribution in [2.24, 2.45) is 4.99 Å². The molecule has 1 amide bonds. The number of nitrogens with zero attached hydrogens (tertiary/aromatic N) is 1. The number of carbonyl (C=O) groups excluding carboxylic acids is 1. The van der Waals surface area contributed by atoms with Gasteiger partial charge in [0.25, 0.3) is 5.91 Å². The minimum absolute atomic E-state index is 0.128. The van der Waals surface area contributed by atoms with E-state index in [1.54, 1.807) is 6.07 Å². The third kappa shape index (κ3) is 3.32. The van der Waals surface area contributed by atoms with E-state index in [4.69, 9.17) is 0 Å². The first-order valence-electron chi connectivity index (χ1n) is 6.14. The molecule has 1 N–H and O–H groups in total. The summed E-state index contributed by atoms with van der Waals surface area (Å²) in [4.78, 5) is 17.2. The van der Waals surface area contributed by atoms with Crippen LogP contribution in [0.2, 0.25) is 0 Å². The number of allylic oxidation sites excluding steroid dienone is 2. The van der Waals surface area contributed by atoms with Gasteiger partial charge in [0.05, 0.1) is 16.2 Å². The average molecular weight is 334 g/mol. The largest absolute Gasteiger partial charge is 0.418 e. The van der Waals surface area contributed by atoms with E-state index in [0.29, 0.717) is 26.9 Å². The summed E-state index contributed by atoms with van der Waals surface area (Å²) in [6.45, 7) is 1.88. The second-order valence-corrected chi connectivity index (χ2v) is 6.37. The molecule has 1 aromatic rings. The third-order valence-corrected chi connectivity index (χ3v) is 5.17. The summed E-state index contributed by atoms with van der Waals surface area (Å²) in [5.41, 5.74) is -0.914. The summed E-state index contributed by atoms with van der Waals surface area (Å²) in [6.07, 6.45) is -3.47. The zero-order chi connectivity index (χ0) is 15.6. The van der Waals surface area contributed by atoms with Crippen LogP contribution in [-0.2, 0) is 0 Å². The minimum atomic E-state index is -4.47. The number of carbonyl (C=O) groups is 1. The molecule has 0 bridgehead atoms. The predicted octanol–water partition coefficient (Wildman–Crippen LogP) is 3.51. The van der Waals surface area contributed by atoms with E-state index in [9.17, 15) is 18.0 Å². The highest BCUT2D eigenvalue weighted by Crippen LogP contribution is 2.36. The van der Waals surface area contributed by atoms with Crippen LogP contribution in [-0.4, -0.2) is 37.1 Å². The van der Waals surface area contributed by atoms with Crippen molar-refractivity contribution >= 4 is 34.7 Å². The van der Waals surface area contributed by atoms with Gasteiger partial charge in [0.1, 0.15) is 4.88 Å². The monoisotopic (exact) mass is 334 g/mol. The Bertz CT molecular complexity index is 617. The average Bonchev–Trinajstić information content (AvgIpc) is 2.75. The van der Waals surface area contributed by atoms with Crippen molar-refractivity contribution in [2.75, 3.05) is 19.3 Å². The van der Waals surface area contributed by atoms with Gasteiger partial charge >= 0.3 is 6.18 Å². The number of hydrogen-bond donors (Lipinski definition) is 1. The zero-order valence-electron chi connectivity index (χ0n) is 11.4. The first-order chi connectivity index (χ1) is 9.88. The number of thioether (sulfide) groups is 1. The number of fused-ring (bicyclic) bond motifs is 1. The first-order valence-corrected chi connectivity index (χ1v) is 7.94.